The molecule has 3 rings (SSSR count). The van der Waals surface area contributed by atoms with E-state index in [2.05, 4.69) is 18.0 Å². The molecule has 0 spiro atoms. The lowest BCUT2D eigenvalue weighted by atomic mass is 10.1. The molecule has 0 N–H and O–H groups in total. The quantitative estimate of drug-likeness (QED) is 0.522. The van der Waals surface area contributed by atoms with Gasteiger partial charge in [0.2, 0.25) is 0 Å². The number of nitro groups is 1. The van der Waals surface area contributed by atoms with Crippen LogP contribution in [0.5, 0.6) is 0 Å². The zero-order chi connectivity index (χ0) is 15.5. The van der Waals surface area contributed by atoms with E-state index in [1.54, 1.807) is 12.1 Å². The van der Waals surface area contributed by atoms with Crippen LogP contribution in [0.1, 0.15) is 16.8 Å². The Bertz CT molecular complexity index is 868. The summed E-state index contributed by atoms with van der Waals surface area (Å²) in [5.41, 5.74) is 4.02. The van der Waals surface area contributed by atoms with Crippen LogP contribution in [0.4, 0.5) is 5.69 Å². The van der Waals surface area contributed by atoms with E-state index in [1.165, 1.54) is 17.7 Å². The van der Waals surface area contributed by atoms with E-state index in [4.69, 9.17) is 0 Å². The molecule has 1 heterocycles. The summed E-state index contributed by atoms with van der Waals surface area (Å²) in [6.45, 7) is 2.06. The van der Waals surface area contributed by atoms with Crippen LogP contribution in [0.15, 0.2) is 54.6 Å². The summed E-state index contributed by atoms with van der Waals surface area (Å²) in [5, 5.41) is 11.7. The molecule has 22 heavy (non-hydrogen) atoms. The van der Waals surface area contributed by atoms with E-state index < -0.39 is 4.92 Å². The fraction of sp³-hybridized carbons (Fsp3) is 0.0556. The second-order valence-electron chi connectivity index (χ2n) is 5.11. The van der Waals surface area contributed by atoms with Gasteiger partial charge in [0.05, 0.1) is 16.1 Å². The van der Waals surface area contributed by atoms with Gasteiger partial charge < -0.3 is 0 Å². The van der Waals surface area contributed by atoms with Gasteiger partial charge in [-0.1, -0.05) is 23.8 Å². The average molecular weight is 290 g/mol. The molecule has 0 aliphatic rings. The molecule has 4 nitrogen and oxygen atoms in total. The highest BCUT2D eigenvalue weighted by molar-refractivity contribution is 5.81. The number of non-ortho nitro benzene ring substituents is 1. The summed E-state index contributed by atoms with van der Waals surface area (Å²) in [6, 6.07) is 16.6. The van der Waals surface area contributed by atoms with Crippen LogP contribution in [-0.4, -0.2) is 9.91 Å². The third kappa shape index (κ3) is 3.01. The Morgan fingerprint density at radius 1 is 1.00 bits per heavy atom. The van der Waals surface area contributed by atoms with Crippen molar-refractivity contribution in [1.82, 2.24) is 4.98 Å². The van der Waals surface area contributed by atoms with Crippen molar-refractivity contribution in [3.8, 4) is 0 Å². The van der Waals surface area contributed by atoms with E-state index in [9.17, 15) is 10.1 Å². The molecular formula is C18H14N2O2. The zero-order valence-corrected chi connectivity index (χ0v) is 12.1. The second-order valence-corrected chi connectivity index (χ2v) is 5.11. The normalized spacial score (nSPS) is 11.1. The SMILES string of the molecule is Cc1ccc2nc(C=Cc3ccc([N+](=O)[O-])cc3)ccc2c1. The van der Waals surface area contributed by atoms with Crippen LogP contribution in [0.2, 0.25) is 0 Å². The second kappa shape index (κ2) is 5.77. The van der Waals surface area contributed by atoms with Crippen LogP contribution in [0, 0.1) is 17.0 Å². The summed E-state index contributed by atoms with van der Waals surface area (Å²) in [5.74, 6) is 0. The average Bonchev–Trinajstić information content (AvgIpc) is 2.53. The molecule has 0 aliphatic heterocycles. The van der Waals surface area contributed by atoms with Crippen LogP contribution in [0.3, 0.4) is 0 Å². The van der Waals surface area contributed by atoms with E-state index in [1.807, 2.05) is 36.4 Å². The number of hydrogen-bond donors (Lipinski definition) is 0. The first kappa shape index (κ1) is 13.9. The predicted molar refractivity (Wildman–Crippen MR) is 88.5 cm³/mol. The molecule has 0 bridgehead atoms. The van der Waals surface area contributed by atoms with Gasteiger partial charge in [-0.2, -0.15) is 0 Å². The molecule has 0 saturated carbocycles. The Labute approximate surface area is 127 Å². The minimum absolute atomic E-state index is 0.0938. The number of rotatable bonds is 3. The lowest BCUT2D eigenvalue weighted by Crippen LogP contribution is -1.87. The van der Waals surface area contributed by atoms with Crippen molar-refractivity contribution in [2.24, 2.45) is 0 Å². The highest BCUT2D eigenvalue weighted by Crippen LogP contribution is 2.17. The maximum absolute atomic E-state index is 10.6. The Hall–Kier alpha value is -3.01. The lowest BCUT2D eigenvalue weighted by Gasteiger charge is -2.00. The van der Waals surface area contributed by atoms with Crippen molar-refractivity contribution in [3.63, 3.8) is 0 Å². The number of fused-ring (bicyclic) bond motifs is 1. The van der Waals surface area contributed by atoms with Gasteiger partial charge in [-0.05, 0) is 48.9 Å². The van der Waals surface area contributed by atoms with Gasteiger partial charge in [-0.15, -0.1) is 0 Å². The van der Waals surface area contributed by atoms with Gasteiger partial charge in [-0.3, -0.25) is 10.1 Å². The molecule has 1 aromatic heterocycles. The molecule has 0 amide bonds. The topological polar surface area (TPSA) is 56.0 Å². The van der Waals surface area contributed by atoms with Gasteiger partial charge in [0.25, 0.3) is 5.69 Å². The van der Waals surface area contributed by atoms with Crippen molar-refractivity contribution in [1.29, 1.82) is 0 Å². The molecule has 3 aromatic rings. The third-order valence-corrected chi connectivity index (χ3v) is 3.42. The molecule has 0 atom stereocenters. The highest BCUT2D eigenvalue weighted by atomic mass is 16.6. The minimum Gasteiger partial charge on any atom is -0.258 e. The zero-order valence-electron chi connectivity index (χ0n) is 12.1. The minimum atomic E-state index is -0.402. The standard InChI is InChI=1S/C18H14N2O2/c1-13-2-11-18-15(12-13)6-8-16(19-18)7-3-14-4-9-17(10-5-14)20(21)22/h2-12H,1H3. The fourth-order valence-electron chi connectivity index (χ4n) is 2.24. The molecule has 4 heteroatoms. The molecule has 0 saturated heterocycles. The van der Waals surface area contributed by atoms with E-state index >= 15 is 0 Å². The summed E-state index contributed by atoms with van der Waals surface area (Å²) < 4.78 is 0. The maximum Gasteiger partial charge on any atom is 0.269 e. The fourth-order valence-corrected chi connectivity index (χ4v) is 2.24. The molecule has 0 radical (unpaired) electrons. The third-order valence-electron chi connectivity index (χ3n) is 3.42. The summed E-state index contributed by atoms with van der Waals surface area (Å²) in [4.78, 5) is 14.8. The number of aromatic nitrogens is 1. The van der Waals surface area contributed by atoms with Gasteiger partial charge in [0.15, 0.2) is 0 Å². The van der Waals surface area contributed by atoms with Gasteiger partial charge in [0, 0.05) is 17.5 Å². The molecule has 0 fully saturated rings. The first-order valence-corrected chi connectivity index (χ1v) is 6.92. The summed E-state index contributed by atoms with van der Waals surface area (Å²) >= 11 is 0. The monoisotopic (exact) mass is 290 g/mol. The maximum atomic E-state index is 10.6. The van der Waals surface area contributed by atoms with Crippen molar-refractivity contribution >= 4 is 28.7 Å². The molecule has 0 aliphatic carbocycles. The molecule has 0 unspecified atom stereocenters. The number of aryl methyl sites for hydroxylation is 1. The number of pyridine rings is 1. The predicted octanol–water partition coefficient (Wildman–Crippen LogP) is 4.62. The molecule has 108 valence electrons. The summed E-state index contributed by atoms with van der Waals surface area (Å²) in [6.07, 6.45) is 3.80. The van der Waals surface area contributed by atoms with E-state index in [-0.39, 0.29) is 5.69 Å². The lowest BCUT2D eigenvalue weighted by molar-refractivity contribution is -0.384. The first-order chi connectivity index (χ1) is 10.6. The highest BCUT2D eigenvalue weighted by Gasteiger charge is 2.02. The molecular weight excluding hydrogens is 276 g/mol. The first-order valence-electron chi connectivity index (χ1n) is 6.92. The Balaban J connectivity index is 1.85. The number of nitrogens with zero attached hydrogens (tertiary/aromatic N) is 2. The van der Waals surface area contributed by atoms with Crippen LogP contribution in [0.25, 0.3) is 23.1 Å². The number of nitro benzene ring substituents is 1. The van der Waals surface area contributed by atoms with Crippen LogP contribution >= 0.6 is 0 Å². The van der Waals surface area contributed by atoms with Gasteiger partial charge in [0.1, 0.15) is 0 Å². The Morgan fingerprint density at radius 3 is 2.50 bits per heavy atom. The van der Waals surface area contributed by atoms with Crippen LogP contribution < -0.4 is 0 Å². The van der Waals surface area contributed by atoms with Crippen molar-refractivity contribution < 1.29 is 4.92 Å². The van der Waals surface area contributed by atoms with E-state index in [0.29, 0.717) is 0 Å². The van der Waals surface area contributed by atoms with Crippen molar-refractivity contribution in [2.75, 3.05) is 0 Å². The van der Waals surface area contributed by atoms with Gasteiger partial charge >= 0.3 is 0 Å². The van der Waals surface area contributed by atoms with Gasteiger partial charge in [-0.25, -0.2) is 4.98 Å². The van der Waals surface area contributed by atoms with Crippen molar-refractivity contribution in [3.05, 3.63) is 81.5 Å². The smallest absolute Gasteiger partial charge is 0.258 e. The molecule has 2 aromatic carbocycles. The Morgan fingerprint density at radius 2 is 1.77 bits per heavy atom. The van der Waals surface area contributed by atoms with Crippen molar-refractivity contribution in [2.45, 2.75) is 6.92 Å². The largest absolute Gasteiger partial charge is 0.269 e. The number of benzene rings is 2. The number of hydrogen-bond acceptors (Lipinski definition) is 3. The summed E-state index contributed by atoms with van der Waals surface area (Å²) in [7, 11) is 0. The van der Waals surface area contributed by atoms with E-state index in [0.717, 1.165) is 22.2 Å². The Kier molecular flexibility index (Phi) is 3.66. The van der Waals surface area contributed by atoms with Crippen LogP contribution in [-0.2, 0) is 0 Å².